The molecule has 8 nitrogen and oxygen atoms in total. The lowest BCUT2D eigenvalue weighted by Crippen LogP contribution is -2.27. The topological polar surface area (TPSA) is 102 Å². The number of fused-ring (bicyclic) bond motifs is 2. The molecule has 1 aromatic heterocycles. The van der Waals surface area contributed by atoms with Crippen LogP contribution in [0.25, 0.3) is 22.0 Å². The van der Waals surface area contributed by atoms with Crippen LogP contribution in [0.15, 0.2) is 60.7 Å². The van der Waals surface area contributed by atoms with Gasteiger partial charge >= 0.3 is 0 Å². The van der Waals surface area contributed by atoms with E-state index in [1.165, 1.54) is 0 Å². The van der Waals surface area contributed by atoms with E-state index in [0.29, 0.717) is 41.9 Å². The van der Waals surface area contributed by atoms with Gasteiger partial charge in [0.2, 0.25) is 5.95 Å². The summed E-state index contributed by atoms with van der Waals surface area (Å²) < 4.78 is 5.78. The van der Waals surface area contributed by atoms with E-state index in [9.17, 15) is 9.59 Å². The van der Waals surface area contributed by atoms with Gasteiger partial charge in [-0.2, -0.15) is 0 Å². The molecule has 0 saturated carbocycles. The number of benzene rings is 3. The number of aldehydes is 1. The third-order valence-electron chi connectivity index (χ3n) is 6.31. The Morgan fingerprint density at radius 2 is 1.81 bits per heavy atom. The molecule has 36 heavy (non-hydrogen) atoms. The van der Waals surface area contributed by atoms with Crippen LogP contribution in [0.2, 0.25) is 0 Å². The third-order valence-corrected chi connectivity index (χ3v) is 6.31. The Morgan fingerprint density at radius 3 is 2.50 bits per heavy atom. The van der Waals surface area contributed by atoms with Gasteiger partial charge < -0.3 is 20.3 Å². The van der Waals surface area contributed by atoms with Crippen LogP contribution in [0.3, 0.4) is 0 Å². The summed E-state index contributed by atoms with van der Waals surface area (Å²) in [4.78, 5) is 37.9. The molecule has 2 heterocycles. The summed E-state index contributed by atoms with van der Waals surface area (Å²) in [7, 11) is 3.95. The minimum absolute atomic E-state index is 0.0446. The Balaban J connectivity index is 1.49. The summed E-state index contributed by atoms with van der Waals surface area (Å²) in [5.41, 5.74) is 11.0. The molecule has 0 saturated heterocycles. The number of amides is 1. The summed E-state index contributed by atoms with van der Waals surface area (Å²) in [6, 6.07) is 18.9. The fourth-order valence-corrected chi connectivity index (χ4v) is 4.44. The van der Waals surface area contributed by atoms with E-state index < -0.39 is 0 Å². The number of hydrogen-bond donors (Lipinski definition) is 1. The highest BCUT2D eigenvalue weighted by Crippen LogP contribution is 2.31. The molecular formula is C28H27N5O3. The number of nitrogen functional groups attached to an aromatic ring is 1. The zero-order valence-electron chi connectivity index (χ0n) is 20.3. The number of rotatable bonds is 7. The molecule has 0 bridgehead atoms. The Morgan fingerprint density at radius 1 is 1.06 bits per heavy atom. The van der Waals surface area contributed by atoms with Gasteiger partial charge in [-0.15, -0.1) is 0 Å². The maximum atomic E-state index is 13.5. The lowest BCUT2D eigenvalue weighted by molar-refractivity contribution is 0.0747. The highest BCUT2D eigenvalue weighted by molar-refractivity contribution is 6.06. The van der Waals surface area contributed by atoms with Gasteiger partial charge in [0.1, 0.15) is 18.1 Å². The maximum absolute atomic E-state index is 13.5. The Hall–Kier alpha value is -4.30. The number of hydrogen-bond acceptors (Lipinski definition) is 7. The summed E-state index contributed by atoms with van der Waals surface area (Å²) in [5.74, 6) is 0.467. The average Bonchev–Trinajstić information content (AvgIpc) is 3.31. The SMILES string of the molecule is CN(C)CCOc1ccc(-c2ccc3nc(N)nc(C(=O)N4Cc5ccccc5C4)c3c2)c(C=O)c1. The zero-order valence-corrected chi connectivity index (χ0v) is 20.3. The number of aromatic nitrogens is 2. The first kappa shape index (κ1) is 23.4. The quantitative estimate of drug-likeness (QED) is 0.401. The minimum atomic E-state index is -0.206. The van der Waals surface area contributed by atoms with Crippen molar-refractivity contribution >= 4 is 29.0 Å². The van der Waals surface area contributed by atoms with Gasteiger partial charge in [0.05, 0.1) is 5.52 Å². The van der Waals surface area contributed by atoms with Gasteiger partial charge in [-0.1, -0.05) is 30.3 Å². The first-order chi connectivity index (χ1) is 17.4. The highest BCUT2D eigenvalue weighted by atomic mass is 16.5. The van der Waals surface area contributed by atoms with Crippen LogP contribution >= 0.6 is 0 Å². The number of nitrogens with zero attached hydrogens (tertiary/aromatic N) is 4. The molecule has 182 valence electrons. The smallest absolute Gasteiger partial charge is 0.273 e. The molecule has 4 aromatic rings. The molecule has 8 heteroatoms. The van der Waals surface area contributed by atoms with Crippen molar-refractivity contribution in [2.75, 3.05) is 33.0 Å². The fraction of sp³-hybridized carbons (Fsp3) is 0.214. The first-order valence-corrected chi connectivity index (χ1v) is 11.7. The van der Waals surface area contributed by atoms with Crippen molar-refractivity contribution in [3.05, 3.63) is 83.0 Å². The number of nitrogens with two attached hydrogens (primary N) is 1. The maximum Gasteiger partial charge on any atom is 0.273 e. The van der Waals surface area contributed by atoms with E-state index in [1.807, 2.05) is 67.5 Å². The van der Waals surface area contributed by atoms with E-state index in [4.69, 9.17) is 10.5 Å². The first-order valence-electron chi connectivity index (χ1n) is 11.7. The molecule has 0 spiro atoms. The van der Waals surface area contributed by atoms with Gasteiger partial charge in [0.25, 0.3) is 5.91 Å². The summed E-state index contributed by atoms with van der Waals surface area (Å²) in [6.07, 6.45) is 0.811. The van der Waals surface area contributed by atoms with Crippen molar-refractivity contribution in [1.82, 2.24) is 19.8 Å². The van der Waals surface area contributed by atoms with Gasteiger partial charge in [-0.05, 0) is 66.7 Å². The molecule has 0 aliphatic carbocycles. The van der Waals surface area contributed by atoms with Crippen LogP contribution in [-0.4, -0.2) is 59.2 Å². The lowest BCUT2D eigenvalue weighted by Gasteiger charge is -2.17. The number of anilines is 1. The van der Waals surface area contributed by atoms with Crippen molar-refractivity contribution in [3.63, 3.8) is 0 Å². The summed E-state index contributed by atoms with van der Waals surface area (Å²) in [5, 5.41) is 0.589. The van der Waals surface area contributed by atoms with Crippen molar-refractivity contribution in [1.29, 1.82) is 0 Å². The van der Waals surface area contributed by atoms with Crippen molar-refractivity contribution in [3.8, 4) is 16.9 Å². The van der Waals surface area contributed by atoms with Gasteiger partial charge in [-0.3, -0.25) is 9.59 Å². The van der Waals surface area contributed by atoms with Crippen LogP contribution in [0, 0.1) is 0 Å². The summed E-state index contributed by atoms with van der Waals surface area (Å²) >= 11 is 0. The second-order valence-corrected chi connectivity index (χ2v) is 9.11. The number of ether oxygens (including phenoxy) is 1. The molecule has 0 fully saturated rings. The fourth-order valence-electron chi connectivity index (χ4n) is 4.44. The predicted molar refractivity (Wildman–Crippen MR) is 139 cm³/mol. The van der Waals surface area contributed by atoms with Crippen LogP contribution in [0.4, 0.5) is 5.95 Å². The van der Waals surface area contributed by atoms with Crippen LogP contribution in [-0.2, 0) is 13.1 Å². The molecule has 5 rings (SSSR count). The van der Waals surface area contributed by atoms with E-state index >= 15 is 0 Å². The molecule has 0 radical (unpaired) electrons. The second kappa shape index (κ2) is 9.75. The largest absolute Gasteiger partial charge is 0.492 e. The van der Waals surface area contributed by atoms with E-state index in [-0.39, 0.29) is 17.5 Å². The normalized spacial score (nSPS) is 12.7. The number of carbonyl (C=O) groups excluding carboxylic acids is 2. The van der Waals surface area contributed by atoms with Gasteiger partial charge in [0, 0.05) is 30.6 Å². The second-order valence-electron chi connectivity index (χ2n) is 9.11. The highest BCUT2D eigenvalue weighted by Gasteiger charge is 2.27. The molecule has 2 N–H and O–H groups in total. The van der Waals surface area contributed by atoms with Crippen molar-refractivity contribution < 1.29 is 14.3 Å². The average molecular weight is 482 g/mol. The molecule has 3 aromatic carbocycles. The van der Waals surface area contributed by atoms with Crippen molar-refractivity contribution in [2.24, 2.45) is 0 Å². The number of carbonyl (C=O) groups is 2. The molecule has 1 aliphatic heterocycles. The Bertz CT molecular complexity index is 1440. The van der Waals surface area contributed by atoms with Crippen LogP contribution in [0.5, 0.6) is 5.75 Å². The van der Waals surface area contributed by atoms with E-state index in [2.05, 4.69) is 9.97 Å². The van der Waals surface area contributed by atoms with E-state index in [0.717, 1.165) is 35.1 Å². The Kier molecular flexibility index (Phi) is 6.35. The summed E-state index contributed by atoms with van der Waals surface area (Å²) in [6.45, 7) is 2.32. The number of likely N-dealkylation sites (N-methyl/N-ethyl adjacent to an activating group) is 1. The lowest BCUT2D eigenvalue weighted by atomic mass is 9.98. The van der Waals surface area contributed by atoms with Crippen LogP contribution in [0.1, 0.15) is 32.0 Å². The zero-order chi connectivity index (χ0) is 25.2. The minimum Gasteiger partial charge on any atom is -0.492 e. The van der Waals surface area contributed by atoms with Crippen LogP contribution < -0.4 is 10.5 Å². The Labute approximate surface area is 209 Å². The molecule has 1 amide bonds. The van der Waals surface area contributed by atoms with E-state index in [1.54, 1.807) is 17.0 Å². The molecule has 0 unspecified atom stereocenters. The molecule has 0 atom stereocenters. The van der Waals surface area contributed by atoms with Crippen molar-refractivity contribution in [2.45, 2.75) is 13.1 Å². The molecular weight excluding hydrogens is 454 g/mol. The van der Waals surface area contributed by atoms with Gasteiger partial charge in [0.15, 0.2) is 6.29 Å². The predicted octanol–water partition coefficient (Wildman–Crippen LogP) is 3.79. The third kappa shape index (κ3) is 4.63. The monoisotopic (exact) mass is 481 g/mol. The molecule has 1 aliphatic rings. The van der Waals surface area contributed by atoms with Gasteiger partial charge in [-0.25, -0.2) is 9.97 Å². The standard InChI is InChI=1S/C28H27N5O3/c1-32(2)11-12-36-22-8-9-23(21(13-22)17-34)18-7-10-25-24(14-18)26(31-28(29)30-25)27(35)33-15-19-5-3-4-6-20(19)16-33/h3-10,13-14,17H,11-12,15-16H2,1-2H3,(H2,29,30,31).